The van der Waals surface area contributed by atoms with Crippen molar-refractivity contribution in [1.82, 2.24) is 19.7 Å². The molecule has 4 aromatic rings. The van der Waals surface area contributed by atoms with Crippen LogP contribution in [-0.4, -0.2) is 49.7 Å². The van der Waals surface area contributed by atoms with Gasteiger partial charge in [0, 0.05) is 60.7 Å². The molecule has 200 valence electrons. The van der Waals surface area contributed by atoms with Crippen LogP contribution in [0.2, 0.25) is 0 Å². The Morgan fingerprint density at radius 3 is 2.54 bits per heavy atom. The summed E-state index contributed by atoms with van der Waals surface area (Å²) in [7, 11) is 1.59. The number of fused-ring (bicyclic) bond motifs is 1. The number of aromatic nitrogens is 3. The predicted octanol–water partition coefficient (Wildman–Crippen LogP) is 4.30. The molecule has 0 fully saturated rings. The summed E-state index contributed by atoms with van der Waals surface area (Å²) >= 11 is 0. The summed E-state index contributed by atoms with van der Waals surface area (Å²) < 4.78 is 42.6. The van der Waals surface area contributed by atoms with E-state index in [2.05, 4.69) is 15.4 Å². The van der Waals surface area contributed by atoms with Gasteiger partial charge in [0.15, 0.2) is 0 Å². The van der Waals surface area contributed by atoms with Crippen LogP contribution in [0.25, 0.3) is 22.4 Å². The van der Waals surface area contributed by atoms with Crippen molar-refractivity contribution in [3.63, 3.8) is 0 Å². The number of anilines is 1. The van der Waals surface area contributed by atoms with E-state index in [-0.39, 0.29) is 23.4 Å². The Morgan fingerprint density at radius 1 is 1.10 bits per heavy atom. The number of hydrogen-bond donors (Lipinski definition) is 2. The number of nitrogens with zero attached hydrogens (tertiary/aromatic N) is 4. The molecule has 2 aromatic carbocycles. The minimum absolute atomic E-state index is 0.0115. The van der Waals surface area contributed by atoms with E-state index in [0.29, 0.717) is 24.2 Å². The lowest BCUT2D eigenvalue weighted by molar-refractivity contribution is -0.137. The summed E-state index contributed by atoms with van der Waals surface area (Å²) in [6, 6.07) is 13.9. The minimum atomic E-state index is -4.64. The average molecular weight is 536 g/mol. The van der Waals surface area contributed by atoms with Gasteiger partial charge >= 0.3 is 6.18 Å². The fourth-order valence-corrected chi connectivity index (χ4v) is 4.73. The monoisotopic (exact) mass is 535 g/mol. The van der Waals surface area contributed by atoms with Gasteiger partial charge in [-0.05, 0) is 29.8 Å². The third kappa shape index (κ3) is 5.26. The highest BCUT2D eigenvalue weighted by atomic mass is 19.4. The summed E-state index contributed by atoms with van der Waals surface area (Å²) in [5, 5.41) is 16.3. The van der Waals surface area contributed by atoms with Gasteiger partial charge in [0.05, 0.1) is 23.1 Å². The molecule has 0 spiro atoms. The Labute approximate surface area is 221 Å². The van der Waals surface area contributed by atoms with E-state index in [4.69, 9.17) is 0 Å². The lowest BCUT2D eigenvalue weighted by Crippen LogP contribution is -2.38. The zero-order chi connectivity index (χ0) is 27.7. The summed E-state index contributed by atoms with van der Waals surface area (Å²) in [5.74, 6) is -1.04. The topological polar surface area (TPSA) is 100 Å². The molecule has 0 saturated carbocycles. The van der Waals surface area contributed by atoms with Crippen LogP contribution >= 0.6 is 0 Å². The van der Waals surface area contributed by atoms with Crippen molar-refractivity contribution in [2.45, 2.75) is 19.1 Å². The highest BCUT2D eigenvalue weighted by Gasteiger charge is 2.35. The molecule has 1 aliphatic rings. The molecule has 3 heterocycles. The lowest BCUT2D eigenvalue weighted by Gasteiger charge is -2.30. The number of aryl methyl sites for hydroxylation is 1. The first-order chi connectivity index (χ1) is 18.7. The van der Waals surface area contributed by atoms with Gasteiger partial charge in [-0.3, -0.25) is 19.3 Å². The summed E-state index contributed by atoms with van der Waals surface area (Å²) in [6.07, 6.45) is -1.12. The van der Waals surface area contributed by atoms with E-state index in [1.54, 1.807) is 7.05 Å². The van der Waals surface area contributed by atoms with E-state index in [1.165, 1.54) is 34.1 Å². The maximum absolute atomic E-state index is 13.7. The molecule has 0 aliphatic carbocycles. The molecule has 0 bridgehead atoms. The van der Waals surface area contributed by atoms with Crippen molar-refractivity contribution in [2.24, 2.45) is 7.05 Å². The molecule has 8 nitrogen and oxygen atoms in total. The van der Waals surface area contributed by atoms with E-state index >= 15 is 0 Å². The third-order valence-corrected chi connectivity index (χ3v) is 6.61. The Balaban J connectivity index is 1.56. The Hall–Kier alpha value is -4.51. The van der Waals surface area contributed by atoms with Crippen LogP contribution < -0.4 is 5.32 Å². The summed E-state index contributed by atoms with van der Waals surface area (Å²) in [5.41, 5.74) is 2.27. The van der Waals surface area contributed by atoms with E-state index < -0.39 is 30.2 Å². The highest BCUT2D eigenvalue weighted by molar-refractivity contribution is 6.07. The van der Waals surface area contributed by atoms with Crippen LogP contribution in [0.3, 0.4) is 0 Å². The van der Waals surface area contributed by atoms with Crippen molar-refractivity contribution in [3.05, 3.63) is 89.4 Å². The Morgan fingerprint density at radius 2 is 1.87 bits per heavy atom. The number of carbonyl (C=O) groups is 2. The number of rotatable bonds is 5. The number of benzene rings is 2. The van der Waals surface area contributed by atoms with Crippen LogP contribution in [0.5, 0.6) is 0 Å². The number of pyridine rings is 1. The van der Waals surface area contributed by atoms with Gasteiger partial charge in [0.1, 0.15) is 6.61 Å². The average Bonchev–Trinajstić information content (AvgIpc) is 3.37. The molecule has 11 heteroatoms. The van der Waals surface area contributed by atoms with Crippen LogP contribution in [0.1, 0.15) is 27.2 Å². The standard InChI is InChI=1S/C28H24F3N5O3/c1-35-11-9-23(34-35)19-13-18(7-8-21(19)28(29,30)31)27(39)33-24-14-32-22-10-12-36(25(38)16-37)15-20(22)26(24)17-5-3-2-4-6-17/h2-9,11,13-14,37H,10,12,15-16H2,1H3,(H,33,39). The molecule has 39 heavy (non-hydrogen) atoms. The molecule has 2 N–H and O–H groups in total. The number of alkyl halides is 3. The second-order valence-corrected chi connectivity index (χ2v) is 9.15. The quantitative estimate of drug-likeness (QED) is 0.397. The summed E-state index contributed by atoms with van der Waals surface area (Å²) in [6.45, 7) is -0.0205. The van der Waals surface area contributed by atoms with Crippen LogP contribution in [0, 0.1) is 0 Å². The van der Waals surface area contributed by atoms with Crippen LogP contribution in [-0.2, 0) is 31.0 Å². The van der Waals surface area contributed by atoms with Crippen molar-refractivity contribution < 1.29 is 27.9 Å². The van der Waals surface area contributed by atoms with Crippen molar-refractivity contribution >= 4 is 17.5 Å². The van der Waals surface area contributed by atoms with Gasteiger partial charge in [-0.15, -0.1) is 0 Å². The molecule has 0 saturated heterocycles. The van der Waals surface area contributed by atoms with E-state index in [0.717, 1.165) is 29.0 Å². The fourth-order valence-electron chi connectivity index (χ4n) is 4.73. The number of hydrogen-bond acceptors (Lipinski definition) is 5. The largest absolute Gasteiger partial charge is 0.417 e. The van der Waals surface area contributed by atoms with Gasteiger partial charge in [0.25, 0.3) is 5.91 Å². The predicted molar refractivity (Wildman–Crippen MR) is 137 cm³/mol. The number of amides is 2. The molecular weight excluding hydrogens is 511 g/mol. The number of aliphatic hydroxyl groups is 1. The van der Waals surface area contributed by atoms with Crippen LogP contribution in [0.15, 0.2) is 67.0 Å². The maximum atomic E-state index is 13.7. The van der Waals surface area contributed by atoms with E-state index in [1.807, 2.05) is 30.3 Å². The van der Waals surface area contributed by atoms with Gasteiger partial charge in [-0.2, -0.15) is 18.3 Å². The summed E-state index contributed by atoms with van der Waals surface area (Å²) in [4.78, 5) is 31.6. The van der Waals surface area contributed by atoms with Crippen molar-refractivity contribution in [1.29, 1.82) is 0 Å². The molecular formula is C28H24F3N5O3. The molecule has 2 aromatic heterocycles. The molecule has 2 amide bonds. The minimum Gasteiger partial charge on any atom is -0.387 e. The van der Waals surface area contributed by atoms with Crippen molar-refractivity contribution in [3.8, 4) is 22.4 Å². The first-order valence-corrected chi connectivity index (χ1v) is 12.1. The van der Waals surface area contributed by atoms with Gasteiger partial charge in [-0.25, -0.2) is 0 Å². The second kappa shape index (κ2) is 10.3. The molecule has 1 aliphatic heterocycles. The SMILES string of the molecule is Cn1ccc(-c2cc(C(=O)Nc3cnc4c(c3-c3ccccc3)CN(C(=O)CO)CC4)ccc2C(F)(F)F)n1. The molecule has 0 radical (unpaired) electrons. The first kappa shape index (κ1) is 26.1. The van der Waals surface area contributed by atoms with Gasteiger partial charge < -0.3 is 15.3 Å². The molecule has 0 unspecified atom stereocenters. The zero-order valence-corrected chi connectivity index (χ0v) is 20.9. The fraction of sp³-hybridized carbons (Fsp3) is 0.214. The Bertz CT molecular complexity index is 1550. The smallest absolute Gasteiger partial charge is 0.387 e. The number of nitrogens with one attached hydrogen (secondary N) is 1. The number of aliphatic hydroxyl groups excluding tert-OH is 1. The van der Waals surface area contributed by atoms with E-state index in [9.17, 15) is 27.9 Å². The maximum Gasteiger partial charge on any atom is 0.417 e. The first-order valence-electron chi connectivity index (χ1n) is 12.1. The number of halogens is 3. The van der Waals surface area contributed by atoms with Crippen molar-refractivity contribution in [2.75, 3.05) is 18.5 Å². The lowest BCUT2D eigenvalue weighted by atomic mass is 9.93. The molecule has 5 rings (SSSR count). The highest BCUT2D eigenvalue weighted by Crippen LogP contribution is 2.38. The zero-order valence-electron chi connectivity index (χ0n) is 20.9. The third-order valence-electron chi connectivity index (χ3n) is 6.61. The number of carbonyl (C=O) groups excluding carboxylic acids is 2. The van der Waals surface area contributed by atoms with Crippen LogP contribution in [0.4, 0.5) is 18.9 Å². The van der Waals surface area contributed by atoms with Gasteiger partial charge in [-0.1, -0.05) is 30.3 Å². The normalized spacial score (nSPS) is 13.2. The molecule has 0 atom stereocenters. The second-order valence-electron chi connectivity index (χ2n) is 9.15. The van der Waals surface area contributed by atoms with Gasteiger partial charge in [0.2, 0.25) is 5.91 Å². The Kier molecular flexibility index (Phi) is 6.92.